The van der Waals surface area contributed by atoms with Crippen LogP contribution < -0.4 is 10.5 Å². The molecular weight excluding hydrogens is 312 g/mol. The molecule has 0 aliphatic heterocycles. The maximum absolute atomic E-state index is 6.11. The number of ether oxygens (including phenoxy) is 1. The van der Waals surface area contributed by atoms with Crippen LogP contribution in [0, 0.1) is 0 Å². The van der Waals surface area contributed by atoms with E-state index in [1.807, 2.05) is 48.6 Å². The molecule has 1 heterocycles. The van der Waals surface area contributed by atoms with Crippen molar-refractivity contribution >= 4 is 28.7 Å². The first-order chi connectivity index (χ1) is 12.1. The monoisotopic (exact) mass is 336 g/mol. The Morgan fingerprint density at radius 3 is 2.80 bits per heavy atom. The van der Waals surface area contributed by atoms with E-state index in [9.17, 15) is 0 Å². The van der Waals surface area contributed by atoms with E-state index in [1.165, 1.54) is 0 Å². The fourth-order valence-corrected chi connectivity index (χ4v) is 2.65. The number of nitrogens with two attached hydrogens (primary N) is 1. The van der Waals surface area contributed by atoms with Gasteiger partial charge in [0.1, 0.15) is 5.75 Å². The first kappa shape index (κ1) is 17.0. The Morgan fingerprint density at radius 1 is 1.16 bits per heavy atom. The lowest BCUT2D eigenvalue weighted by molar-refractivity contribution is 0.283. The molecule has 3 N–H and O–H groups in total. The molecule has 130 valence electrons. The smallest absolute Gasteiger partial charge is 0.142 e. The zero-order valence-electron chi connectivity index (χ0n) is 14.7. The summed E-state index contributed by atoms with van der Waals surface area (Å²) in [4.78, 5) is 2.14. The van der Waals surface area contributed by atoms with Gasteiger partial charge in [0.25, 0.3) is 0 Å². The Morgan fingerprint density at radius 2 is 2.00 bits per heavy atom. The number of nitrogens with one attached hydrogen (secondary N) is 1. The lowest BCUT2D eigenvalue weighted by Gasteiger charge is -2.12. The SMILES string of the molecule is CN(C)CCCOc1ccc(C=Cc2n[nH]c3ccccc23)cc1N. The van der Waals surface area contributed by atoms with Crippen molar-refractivity contribution < 1.29 is 4.74 Å². The molecule has 0 aliphatic carbocycles. The lowest BCUT2D eigenvalue weighted by Crippen LogP contribution is -2.15. The van der Waals surface area contributed by atoms with Gasteiger partial charge in [-0.2, -0.15) is 5.10 Å². The van der Waals surface area contributed by atoms with Crippen LogP contribution in [0.15, 0.2) is 42.5 Å². The number of hydrogen-bond acceptors (Lipinski definition) is 4. The molecule has 3 aromatic rings. The van der Waals surface area contributed by atoms with Crippen LogP contribution in [0.1, 0.15) is 17.7 Å². The fraction of sp³-hybridized carbons (Fsp3) is 0.250. The summed E-state index contributed by atoms with van der Waals surface area (Å²) in [6.45, 7) is 1.66. The third kappa shape index (κ3) is 4.39. The normalized spacial score (nSPS) is 11.6. The molecule has 5 nitrogen and oxygen atoms in total. The van der Waals surface area contributed by atoms with Crippen LogP contribution in [-0.4, -0.2) is 42.3 Å². The minimum atomic E-state index is 0.652. The number of benzene rings is 2. The summed E-state index contributed by atoms with van der Waals surface area (Å²) in [6, 6.07) is 13.9. The maximum atomic E-state index is 6.11. The third-order valence-corrected chi connectivity index (χ3v) is 3.97. The lowest BCUT2D eigenvalue weighted by atomic mass is 10.1. The summed E-state index contributed by atoms with van der Waals surface area (Å²) in [6.07, 6.45) is 4.97. The molecule has 0 fully saturated rings. The molecule has 5 heteroatoms. The molecular formula is C20H24N4O. The van der Waals surface area contributed by atoms with Gasteiger partial charge in [-0.1, -0.05) is 30.3 Å². The number of H-pyrrole nitrogens is 1. The highest BCUT2D eigenvalue weighted by molar-refractivity contribution is 5.89. The minimum absolute atomic E-state index is 0.652. The molecule has 25 heavy (non-hydrogen) atoms. The van der Waals surface area contributed by atoms with Gasteiger partial charge in [0.2, 0.25) is 0 Å². The summed E-state index contributed by atoms with van der Waals surface area (Å²) in [5, 5.41) is 8.48. The molecule has 0 atom stereocenters. The Balaban J connectivity index is 1.66. The van der Waals surface area contributed by atoms with Gasteiger partial charge >= 0.3 is 0 Å². The van der Waals surface area contributed by atoms with E-state index >= 15 is 0 Å². The Kier molecular flexibility index (Phi) is 5.36. The van der Waals surface area contributed by atoms with Gasteiger partial charge in [0.15, 0.2) is 0 Å². The molecule has 0 amide bonds. The molecule has 3 rings (SSSR count). The van der Waals surface area contributed by atoms with Crippen molar-refractivity contribution in [3.05, 3.63) is 53.7 Å². The Hall–Kier alpha value is -2.79. The van der Waals surface area contributed by atoms with Crippen molar-refractivity contribution in [2.24, 2.45) is 0 Å². The standard InChI is InChI=1S/C20H24N4O/c1-24(2)12-5-13-25-20-11-9-15(14-17(20)21)8-10-19-16-6-3-4-7-18(16)22-23-19/h3-4,6-11,14H,5,12-13,21H2,1-2H3,(H,22,23). The maximum Gasteiger partial charge on any atom is 0.142 e. The second kappa shape index (κ2) is 7.85. The van der Waals surface area contributed by atoms with Gasteiger partial charge in [-0.25, -0.2) is 0 Å². The summed E-state index contributed by atoms with van der Waals surface area (Å²) >= 11 is 0. The van der Waals surface area contributed by atoms with Gasteiger partial charge in [-0.15, -0.1) is 0 Å². The average Bonchev–Trinajstić information content (AvgIpc) is 3.01. The predicted octanol–water partition coefficient (Wildman–Crippen LogP) is 3.65. The topological polar surface area (TPSA) is 67.2 Å². The summed E-state index contributed by atoms with van der Waals surface area (Å²) in [5.41, 5.74) is 9.73. The number of anilines is 1. The van der Waals surface area contributed by atoms with Crippen LogP contribution in [0.5, 0.6) is 5.75 Å². The number of nitrogens with zero attached hydrogens (tertiary/aromatic N) is 2. The molecule has 0 saturated heterocycles. The van der Waals surface area contributed by atoms with Gasteiger partial charge in [0.05, 0.1) is 23.5 Å². The molecule has 2 aromatic carbocycles. The van der Waals surface area contributed by atoms with E-state index in [1.54, 1.807) is 0 Å². The largest absolute Gasteiger partial charge is 0.491 e. The van der Waals surface area contributed by atoms with Crippen molar-refractivity contribution in [3.8, 4) is 5.75 Å². The zero-order chi connectivity index (χ0) is 17.6. The Labute approximate surface area is 148 Å². The van der Waals surface area contributed by atoms with Crippen LogP contribution in [0.4, 0.5) is 5.69 Å². The van der Waals surface area contributed by atoms with Crippen molar-refractivity contribution in [1.82, 2.24) is 15.1 Å². The highest BCUT2D eigenvalue weighted by Crippen LogP contribution is 2.24. The van der Waals surface area contributed by atoms with E-state index in [-0.39, 0.29) is 0 Å². The highest BCUT2D eigenvalue weighted by Gasteiger charge is 2.03. The zero-order valence-corrected chi connectivity index (χ0v) is 14.7. The number of aromatic amines is 1. The third-order valence-electron chi connectivity index (χ3n) is 3.97. The number of nitrogen functional groups attached to an aromatic ring is 1. The predicted molar refractivity (Wildman–Crippen MR) is 105 cm³/mol. The Bertz CT molecular complexity index is 867. The van der Waals surface area contributed by atoms with Crippen LogP contribution in [0.3, 0.4) is 0 Å². The van der Waals surface area contributed by atoms with Crippen molar-refractivity contribution in [2.75, 3.05) is 33.0 Å². The first-order valence-corrected chi connectivity index (χ1v) is 8.42. The van der Waals surface area contributed by atoms with E-state index in [0.29, 0.717) is 12.3 Å². The van der Waals surface area contributed by atoms with Crippen LogP contribution >= 0.6 is 0 Å². The second-order valence-corrected chi connectivity index (χ2v) is 6.29. The first-order valence-electron chi connectivity index (χ1n) is 8.42. The van der Waals surface area contributed by atoms with Gasteiger partial charge in [0, 0.05) is 11.9 Å². The highest BCUT2D eigenvalue weighted by atomic mass is 16.5. The van der Waals surface area contributed by atoms with Crippen molar-refractivity contribution in [2.45, 2.75) is 6.42 Å². The second-order valence-electron chi connectivity index (χ2n) is 6.29. The number of hydrogen-bond donors (Lipinski definition) is 2. The summed E-state index contributed by atoms with van der Waals surface area (Å²) in [5.74, 6) is 0.737. The number of aromatic nitrogens is 2. The number of rotatable bonds is 7. The van der Waals surface area contributed by atoms with Gasteiger partial charge in [-0.05, 0) is 50.4 Å². The minimum Gasteiger partial charge on any atom is -0.491 e. The quantitative estimate of drug-likeness (QED) is 0.510. The average molecular weight is 336 g/mol. The van der Waals surface area contributed by atoms with Crippen molar-refractivity contribution in [3.63, 3.8) is 0 Å². The van der Waals surface area contributed by atoms with Gasteiger partial charge < -0.3 is 15.4 Å². The van der Waals surface area contributed by atoms with E-state index < -0.39 is 0 Å². The fourth-order valence-electron chi connectivity index (χ4n) is 2.65. The molecule has 0 bridgehead atoms. The molecule has 0 unspecified atom stereocenters. The van der Waals surface area contributed by atoms with Crippen LogP contribution in [0.25, 0.3) is 23.1 Å². The van der Waals surface area contributed by atoms with E-state index in [2.05, 4.69) is 35.3 Å². The van der Waals surface area contributed by atoms with E-state index in [0.717, 1.165) is 40.9 Å². The molecule has 0 radical (unpaired) electrons. The molecule has 0 saturated carbocycles. The molecule has 1 aromatic heterocycles. The van der Waals surface area contributed by atoms with Crippen LogP contribution in [0.2, 0.25) is 0 Å². The number of fused-ring (bicyclic) bond motifs is 1. The van der Waals surface area contributed by atoms with Crippen molar-refractivity contribution in [1.29, 1.82) is 0 Å². The van der Waals surface area contributed by atoms with Crippen LogP contribution in [-0.2, 0) is 0 Å². The van der Waals surface area contributed by atoms with Gasteiger partial charge in [-0.3, -0.25) is 5.10 Å². The number of para-hydroxylation sites is 1. The molecule has 0 aliphatic rings. The molecule has 0 spiro atoms. The summed E-state index contributed by atoms with van der Waals surface area (Å²) in [7, 11) is 4.11. The summed E-state index contributed by atoms with van der Waals surface area (Å²) < 4.78 is 5.76. The van der Waals surface area contributed by atoms with E-state index in [4.69, 9.17) is 10.5 Å².